The number of pyridine rings is 1. The van der Waals surface area contributed by atoms with E-state index in [0.29, 0.717) is 23.7 Å². The molecular weight excluding hydrogens is 509 g/mol. The van der Waals surface area contributed by atoms with Crippen molar-refractivity contribution in [2.24, 2.45) is 10.9 Å². The average molecular weight is 533 g/mol. The van der Waals surface area contributed by atoms with Gasteiger partial charge in [-0.15, -0.1) is 0 Å². The molecule has 1 saturated heterocycles. The zero-order chi connectivity index (χ0) is 21.4. The molecule has 2 aliphatic heterocycles. The molecule has 2 aromatic rings. The third kappa shape index (κ3) is 4.26. The summed E-state index contributed by atoms with van der Waals surface area (Å²) in [5.74, 6) is 1.02. The summed E-state index contributed by atoms with van der Waals surface area (Å²) in [7, 11) is 0. The Labute approximate surface area is 194 Å². The summed E-state index contributed by atoms with van der Waals surface area (Å²) in [5, 5.41) is 16.2. The molecule has 162 valence electrons. The predicted molar refractivity (Wildman–Crippen MR) is 125 cm³/mol. The van der Waals surface area contributed by atoms with Crippen LogP contribution in [0.1, 0.15) is 41.0 Å². The number of aromatic nitrogens is 2. The standard InChI is InChI=1S/C22H24IN5O3/c23-28-8-6-14(12-28)21(30)24-11-20(29)27-19-5-4-17(26-19)16-2-1-3-18(25-16)22-7-9-31-13-15(22)10-22/h1-4,6,8,12,15,20,29H,5,7,9-11,13H2,(H,24,30)(H,26,27). The number of nitrogens with zero attached hydrogens (tertiary/aromatic N) is 3. The van der Waals surface area contributed by atoms with Gasteiger partial charge >= 0.3 is 0 Å². The van der Waals surface area contributed by atoms with E-state index in [4.69, 9.17) is 9.72 Å². The maximum atomic E-state index is 12.1. The predicted octanol–water partition coefficient (Wildman–Crippen LogP) is 2.24. The molecule has 0 spiro atoms. The second-order valence-electron chi connectivity index (χ2n) is 8.25. The van der Waals surface area contributed by atoms with Crippen molar-refractivity contribution in [3.05, 3.63) is 59.7 Å². The second kappa shape index (κ2) is 8.36. The van der Waals surface area contributed by atoms with E-state index in [2.05, 4.69) is 50.6 Å². The van der Waals surface area contributed by atoms with Gasteiger partial charge in [0.1, 0.15) is 5.84 Å². The topological polar surface area (TPSA) is 101 Å². The van der Waals surface area contributed by atoms with Gasteiger partial charge < -0.3 is 20.5 Å². The first-order valence-electron chi connectivity index (χ1n) is 10.4. The van der Waals surface area contributed by atoms with Crippen LogP contribution in [0, 0.1) is 5.92 Å². The minimum atomic E-state index is -1.02. The first-order valence-corrected chi connectivity index (χ1v) is 11.4. The summed E-state index contributed by atoms with van der Waals surface area (Å²) in [6.07, 6.45) is 7.30. The van der Waals surface area contributed by atoms with Crippen LogP contribution in [0.25, 0.3) is 5.70 Å². The number of halogens is 1. The SMILES string of the molecule is O=C(NCC(O)/N=C1\CC=C(c2cccc(C34CCOCC3C4)n2)N1)c1ccn(I)c1. The maximum absolute atomic E-state index is 12.1. The number of nitrogens with one attached hydrogen (secondary N) is 2. The van der Waals surface area contributed by atoms with Gasteiger partial charge in [0.15, 0.2) is 6.23 Å². The highest BCUT2D eigenvalue weighted by Gasteiger charge is 2.57. The molecule has 0 aromatic carbocycles. The van der Waals surface area contributed by atoms with Gasteiger partial charge in [0.25, 0.3) is 5.91 Å². The van der Waals surface area contributed by atoms with Crippen molar-refractivity contribution < 1.29 is 14.6 Å². The van der Waals surface area contributed by atoms with Crippen molar-refractivity contribution in [3.63, 3.8) is 0 Å². The van der Waals surface area contributed by atoms with Crippen molar-refractivity contribution >= 4 is 40.3 Å². The largest absolute Gasteiger partial charge is 0.381 e. The Morgan fingerprint density at radius 3 is 3.19 bits per heavy atom. The molecule has 0 radical (unpaired) electrons. The molecule has 1 amide bonds. The number of aliphatic hydroxyl groups excluding tert-OH is 1. The molecule has 0 bridgehead atoms. The molecule has 2 aromatic heterocycles. The molecule has 1 aliphatic carbocycles. The Morgan fingerprint density at radius 2 is 2.39 bits per heavy atom. The lowest BCUT2D eigenvalue weighted by Gasteiger charge is -2.22. The molecule has 1 saturated carbocycles. The molecular formula is C22H24IN5O3. The lowest BCUT2D eigenvalue weighted by Crippen LogP contribution is -2.32. The van der Waals surface area contributed by atoms with E-state index in [0.717, 1.165) is 43.1 Å². The van der Waals surface area contributed by atoms with E-state index in [9.17, 15) is 9.90 Å². The number of aliphatic hydroxyl groups is 1. The Bertz CT molecular complexity index is 1060. The summed E-state index contributed by atoms with van der Waals surface area (Å²) in [6, 6.07) is 7.90. The van der Waals surface area contributed by atoms with Gasteiger partial charge in [-0.3, -0.25) is 12.6 Å². The number of hydrogen-bond acceptors (Lipinski definition) is 5. The van der Waals surface area contributed by atoms with Crippen molar-refractivity contribution in [1.82, 2.24) is 18.4 Å². The fraction of sp³-hybridized carbons (Fsp3) is 0.409. The molecule has 3 unspecified atom stereocenters. The van der Waals surface area contributed by atoms with Crippen LogP contribution in [0.15, 0.2) is 47.7 Å². The van der Waals surface area contributed by atoms with Crippen molar-refractivity contribution in [3.8, 4) is 0 Å². The van der Waals surface area contributed by atoms with Gasteiger partial charge in [-0.25, -0.2) is 4.99 Å². The number of rotatable bonds is 6. The van der Waals surface area contributed by atoms with Crippen LogP contribution < -0.4 is 10.6 Å². The minimum Gasteiger partial charge on any atom is -0.381 e. The van der Waals surface area contributed by atoms with Crippen molar-refractivity contribution in [2.45, 2.75) is 30.9 Å². The van der Waals surface area contributed by atoms with Gasteiger partial charge in [0.05, 0.1) is 53.0 Å². The number of hydrogen-bond donors (Lipinski definition) is 3. The van der Waals surface area contributed by atoms with E-state index in [1.807, 2.05) is 12.1 Å². The summed E-state index contributed by atoms with van der Waals surface area (Å²) in [6.45, 7) is 1.69. The molecule has 4 heterocycles. The first-order chi connectivity index (χ1) is 15.0. The van der Waals surface area contributed by atoms with E-state index < -0.39 is 6.23 Å². The van der Waals surface area contributed by atoms with Crippen molar-refractivity contribution in [1.29, 1.82) is 0 Å². The van der Waals surface area contributed by atoms with Crippen LogP contribution in [-0.2, 0) is 10.2 Å². The van der Waals surface area contributed by atoms with E-state index >= 15 is 0 Å². The van der Waals surface area contributed by atoms with Crippen LogP contribution in [0.3, 0.4) is 0 Å². The second-order valence-corrected chi connectivity index (χ2v) is 9.36. The Balaban J connectivity index is 1.18. The zero-order valence-corrected chi connectivity index (χ0v) is 19.1. The summed E-state index contributed by atoms with van der Waals surface area (Å²) in [4.78, 5) is 21.3. The molecule has 3 N–H and O–H groups in total. The Morgan fingerprint density at radius 1 is 1.48 bits per heavy atom. The van der Waals surface area contributed by atoms with Gasteiger partial charge in [-0.05, 0) is 37.0 Å². The third-order valence-electron chi connectivity index (χ3n) is 6.23. The van der Waals surface area contributed by atoms with Crippen LogP contribution >= 0.6 is 22.9 Å². The average Bonchev–Trinajstić information content (AvgIpc) is 3.08. The van der Waals surface area contributed by atoms with Crippen LogP contribution in [0.4, 0.5) is 0 Å². The maximum Gasteiger partial charge on any atom is 0.253 e. The first kappa shape index (κ1) is 20.7. The Hall–Kier alpha value is -2.24. The number of amides is 1. The molecule has 3 atom stereocenters. The molecule has 31 heavy (non-hydrogen) atoms. The third-order valence-corrected chi connectivity index (χ3v) is 6.83. The number of ether oxygens (including phenoxy) is 1. The number of carbonyl (C=O) groups excluding carboxylic acids is 1. The summed E-state index contributed by atoms with van der Waals surface area (Å²) in [5.41, 5.74) is 3.68. The molecule has 5 rings (SSSR count). The summed E-state index contributed by atoms with van der Waals surface area (Å²) >= 11 is 2.07. The van der Waals surface area contributed by atoms with E-state index in [1.54, 1.807) is 21.2 Å². The quantitative estimate of drug-likeness (QED) is 0.495. The zero-order valence-electron chi connectivity index (χ0n) is 16.9. The fourth-order valence-corrected chi connectivity index (χ4v) is 4.88. The fourth-order valence-electron chi connectivity index (χ4n) is 4.42. The van der Waals surface area contributed by atoms with Gasteiger partial charge in [0, 0.05) is 36.5 Å². The summed E-state index contributed by atoms with van der Waals surface area (Å²) < 4.78 is 7.36. The lowest BCUT2D eigenvalue weighted by atomic mass is 9.93. The molecule has 8 nitrogen and oxygen atoms in total. The number of carbonyl (C=O) groups is 1. The number of aliphatic imine (C=N–C) groups is 1. The smallest absolute Gasteiger partial charge is 0.253 e. The highest BCUT2D eigenvalue weighted by atomic mass is 127. The van der Waals surface area contributed by atoms with Gasteiger partial charge in [-0.2, -0.15) is 0 Å². The van der Waals surface area contributed by atoms with Crippen molar-refractivity contribution in [2.75, 3.05) is 19.8 Å². The highest BCUT2D eigenvalue weighted by Crippen LogP contribution is 2.58. The normalized spacial score (nSPS) is 26.7. The molecule has 3 aliphatic rings. The van der Waals surface area contributed by atoms with Gasteiger partial charge in [-0.1, -0.05) is 12.1 Å². The molecule has 2 fully saturated rings. The monoisotopic (exact) mass is 533 g/mol. The van der Waals surface area contributed by atoms with Crippen LogP contribution in [-0.4, -0.2) is 50.6 Å². The minimum absolute atomic E-state index is 0.0471. The molecule has 9 heteroatoms. The lowest BCUT2D eigenvalue weighted by molar-refractivity contribution is 0.0794. The van der Waals surface area contributed by atoms with Crippen LogP contribution in [0.2, 0.25) is 0 Å². The number of fused-ring (bicyclic) bond motifs is 1. The highest BCUT2D eigenvalue weighted by molar-refractivity contribution is 14.1. The van der Waals surface area contributed by atoms with Gasteiger partial charge in [0.2, 0.25) is 0 Å². The Kier molecular flexibility index (Phi) is 5.57. The van der Waals surface area contributed by atoms with E-state index in [1.165, 1.54) is 0 Å². The van der Waals surface area contributed by atoms with E-state index in [-0.39, 0.29) is 17.9 Å². The van der Waals surface area contributed by atoms with Crippen LogP contribution in [0.5, 0.6) is 0 Å². The number of amidine groups is 1.